The van der Waals surface area contributed by atoms with E-state index < -0.39 is 7.60 Å². The van der Waals surface area contributed by atoms with Crippen molar-refractivity contribution in [1.29, 1.82) is 0 Å². The maximum atomic E-state index is 11.0. The van der Waals surface area contributed by atoms with E-state index in [1.54, 1.807) is 36.4 Å². The molecule has 2 aromatic rings. The van der Waals surface area contributed by atoms with E-state index in [-0.39, 0.29) is 18.4 Å². The highest BCUT2D eigenvalue weighted by molar-refractivity contribution is 7.51. The second-order valence-corrected chi connectivity index (χ2v) is 6.37. The molecule has 122 valence electrons. The summed E-state index contributed by atoms with van der Waals surface area (Å²) in [7, 11) is -3.61. The third-order valence-electron chi connectivity index (χ3n) is 2.56. The van der Waals surface area contributed by atoms with Gasteiger partial charge in [0.1, 0.15) is 22.9 Å². The fraction of sp³-hybridized carbons (Fsp3) is 0.154. The monoisotopic (exact) mass is 337 g/mol. The van der Waals surface area contributed by atoms with Crippen molar-refractivity contribution in [2.24, 2.45) is 10.2 Å². The number of para-hydroxylation sites is 1. The summed E-state index contributed by atoms with van der Waals surface area (Å²) >= 11 is 0. The molecule has 1 atom stereocenters. The van der Waals surface area contributed by atoms with E-state index in [9.17, 15) is 4.57 Å². The molecule has 23 heavy (non-hydrogen) atoms. The maximum Gasteiger partial charge on any atom is 0.327 e. The molecule has 5 N–H and O–H groups in total. The predicted molar refractivity (Wildman–Crippen MR) is 86.0 cm³/mol. The molecule has 0 spiro atoms. The highest BCUT2D eigenvalue weighted by Gasteiger charge is 2.11. The van der Waals surface area contributed by atoms with Gasteiger partial charge in [0.2, 0.25) is 0 Å². The SMILES string of the molecule is CP(=O)(O)OCOc1ccccc1N=Nc1ccc(N)nc1N. The number of benzene rings is 1. The summed E-state index contributed by atoms with van der Waals surface area (Å²) in [6.07, 6.45) is 0. The van der Waals surface area contributed by atoms with E-state index in [1.165, 1.54) is 0 Å². The molecule has 0 fully saturated rings. The Hall–Kier alpha value is -2.48. The van der Waals surface area contributed by atoms with Crippen LogP contribution in [0.5, 0.6) is 5.75 Å². The normalized spacial score (nSPS) is 13.8. The number of nitrogens with two attached hydrogens (primary N) is 2. The molecular weight excluding hydrogens is 321 g/mol. The van der Waals surface area contributed by atoms with Crippen LogP contribution >= 0.6 is 7.60 Å². The first-order chi connectivity index (χ1) is 10.8. The minimum absolute atomic E-state index is 0.155. The van der Waals surface area contributed by atoms with Gasteiger partial charge >= 0.3 is 7.60 Å². The predicted octanol–water partition coefficient (Wildman–Crippen LogP) is 2.83. The average Bonchev–Trinajstić information content (AvgIpc) is 2.46. The zero-order valence-electron chi connectivity index (χ0n) is 12.3. The third-order valence-corrected chi connectivity index (χ3v) is 3.15. The van der Waals surface area contributed by atoms with Crippen LogP contribution in [0.1, 0.15) is 0 Å². The molecule has 2 rings (SSSR count). The molecule has 0 saturated heterocycles. The van der Waals surface area contributed by atoms with Gasteiger partial charge in [-0.2, -0.15) is 0 Å². The summed E-state index contributed by atoms with van der Waals surface area (Å²) in [5, 5.41) is 8.03. The lowest BCUT2D eigenvalue weighted by Gasteiger charge is -2.10. The van der Waals surface area contributed by atoms with E-state index in [1.807, 2.05) is 0 Å². The van der Waals surface area contributed by atoms with Crippen LogP contribution in [-0.4, -0.2) is 23.3 Å². The Balaban J connectivity index is 2.13. The summed E-state index contributed by atoms with van der Waals surface area (Å²) in [6.45, 7) is 0.682. The number of nitrogens with zero attached hydrogens (tertiary/aromatic N) is 3. The quantitative estimate of drug-likeness (QED) is 0.417. The summed E-state index contributed by atoms with van der Waals surface area (Å²) in [5.74, 6) is 0.782. The Labute approximate surface area is 132 Å². The van der Waals surface area contributed by atoms with E-state index in [2.05, 4.69) is 19.7 Å². The first-order valence-electron chi connectivity index (χ1n) is 6.45. The molecule has 1 heterocycles. The summed E-state index contributed by atoms with van der Waals surface area (Å²) in [6, 6.07) is 9.89. The third kappa shape index (κ3) is 5.33. The number of azo groups is 1. The number of hydrogen-bond donors (Lipinski definition) is 3. The van der Waals surface area contributed by atoms with Crippen molar-refractivity contribution in [2.45, 2.75) is 0 Å². The minimum Gasteiger partial charge on any atom is -0.465 e. The molecule has 0 bridgehead atoms. The molecular formula is C13H16N5O4P. The summed E-state index contributed by atoms with van der Waals surface area (Å²) < 4.78 is 21.0. The van der Waals surface area contributed by atoms with Crippen LogP contribution < -0.4 is 16.2 Å². The van der Waals surface area contributed by atoms with Gasteiger partial charge in [-0.05, 0) is 24.3 Å². The Kier molecular flexibility index (Phi) is 5.28. The topological polar surface area (TPSA) is 145 Å². The molecule has 10 heteroatoms. The van der Waals surface area contributed by atoms with Crippen LogP contribution in [0.15, 0.2) is 46.6 Å². The number of hydrogen-bond acceptors (Lipinski definition) is 8. The molecule has 9 nitrogen and oxygen atoms in total. The molecule has 1 aromatic heterocycles. The number of nitrogen functional groups attached to an aromatic ring is 2. The molecule has 0 radical (unpaired) electrons. The van der Waals surface area contributed by atoms with Gasteiger partial charge in [0.05, 0.1) is 0 Å². The second kappa shape index (κ2) is 7.19. The number of ether oxygens (including phenoxy) is 1. The van der Waals surface area contributed by atoms with Crippen molar-refractivity contribution >= 4 is 30.6 Å². The molecule has 1 aromatic carbocycles. The average molecular weight is 337 g/mol. The van der Waals surface area contributed by atoms with E-state index in [0.29, 0.717) is 17.1 Å². The Morgan fingerprint density at radius 2 is 1.87 bits per heavy atom. The molecule has 0 saturated carbocycles. The van der Waals surface area contributed by atoms with E-state index in [0.717, 1.165) is 6.66 Å². The lowest BCUT2D eigenvalue weighted by atomic mass is 10.3. The number of pyridine rings is 1. The molecule has 0 aliphatic carbocycles. The van der Waals surface area contributed by atoms with Crippen LogP contribution in [0.25, 0.3) is 0 Å². The van der Waals surface area contributed by atoms with Crippen LogP contribution in [0, 0.1) is 0 Å². The van der Waals surface area contributed by atoms with Crippen molar-refractivity contribution in [3.8, 4) is 5.75 Å². The highest BCUT2D eigenvalue weighted by atomic mass is 31.2. The van der Waals surface area contributed by atoms with Crippen molar-refractivity contribution < 1.29 is 18.7 Å². The van der Waals surface area contributed by atoms with Gasteiger partial charge in [-0.3, -0.25) is 9.09 Å². The Bertz CT molecular complexity index is 762. The second-order valence-electron chi connectivity index (χ2n) is 4.50. The van der Waals surface area contributed by atoms with Crippen molar-refractivity contribution in [1.82, 2.24) is 4.98 Å². The lowest BCUT2D eigenvalue weighted by molar-refractivity contribution is 0.108. The van der Waals surface area contributed by atoms with Crippen molar-refractivity contribution in [3.05, 3.63) is 36.4 Å². The first kappa shape index (κ1) is 16.9. The largest absolute Gasteiger partial charge is 0.465 e. The molecule has 0 aliphatic heterocycles. The van der Waals surface area contributed by atoms with Gasteiger partial charge in [-0.25, -0.2) is 4.98 Å². The van der Waals surface area contributed by atoms with Crippen LogP contribution in [0.2, 0.25) is 0 Å². The lowest BCUT2D eigenvalue weighted by Crippen LogP contribution is -2.00. The van der Waals surface area contributed by atoms with Crippen LogP contribution in [0.4, 0.5) is 23.0 Å². The Morgan fingerprint density at radius 3 is 2.57 bits per heavy atom. The highest BCUT2D eigenvalue weighted by Crippen LogP contribution is 2.37. The van der Waals surface area contributed by atoms with E-state index in [4.69, 9.17) is 21.1 Å². The fourth-order valence-corrected chi connectivity index (χ4v) is 1.77. The summed E-state index contributed by atoms with van der Waals surface area (Å²) in [5.41, 5.74) is 12.0. The zero-order valence-corrected chi connectivity index (χ0v) is 13.2. The number of rotatable bonds is 6. The maximum absolute atomic E-state index is 11.0. The summed E-state index contributed by atoms with van der Waals surface area (Å²) in [4.78, 5) is 12.9. The zero-order chi connectivity index (χ0) is 16.9. The standard InChI is InChI=1S/C13H16N5O4P/c1-23(19,20)22-8-21-11-5-3-2-4-9(11)17-18-10-6-7-12(14)16-13(10)15/h2-7H,8H2,1H3,(H,19,20)(H4,14,15,16). The van der Waals surface area contributed by atoms with Gasteiger partial charge in [-0.1, -0.05) is 12.1 Å². The molecule has 1 unspecified atom stereocenters. The van der Waals surface area contributed by atoms with Gasteiger partial charge in [0, 0.05) is 6.66 Å². The van der Waals surface area contributed by atoms with Gasteiger partial charge in [0.25, 0.3) is 0 Å². The number of anilines is 2. The molecule has 0 aliphatic rings. The number of aromatic nitrogens is 1. The minimum atomic E-state index is -3.61. The smallest absolute Gasteiger partial charge is 0.327 e. The van der Waals surface area contributed by atoms with Crippen LogP contribution in [-0.2, 0) is 9.09 Å². The molecule has 0 amide bonds. The van der Waals surface area contributed by atoms with Gasteiger partial charge in [0.15, 0.2) is 12.6 Å². The van der Waals surface area contributed by atoms with Crippen molar-refractivity contribution in [3.63, 3.8) is 0 Å². The van der Waals surface area contributed by atoms with Crippen LogP contribution in [0.3, 0.4) is 0 Å². The Morgan fingerprint density at radius 1 is 1.17 bits per heavy atom. The van der Waals surface area contributed by atoms with Crippen molar-refractivity contribution in [2.75, 3.05) is 24.9 Å². The first-order valence-corrected chi connectivity index (χ1v) is 8.48. The van der Waals surface area contributed by atoms with Gasteiger partial charge in [-0.15, -0.1) is 10.2 Å². The van der Waals surface area contributed by atoms with E-state index >= 15 is 0 Å². The van der Waals surface area contributed by atoms with Gasteiger partial charge < -0.3 is 21.1 Å². The fourth-order valence-electron chi connectivity index (χ4n) is 1.53.